The zero-order valence-corrected chi connectivity index (χ0v) is 24.4. The highest BCUT2D eigenvalue weighted by atomic mass is 35.5. The summed E-state index contributed by atoms with van der Waals surface area (Å²) in [7, 11) is -3.38. The van der Waals surface area contributed by atoms with E-state index in [1.807, 2.05) is 0 Å². The molecule has 41 heavy (non-hydrogen) atoms. The van der Waals surface area contributed by atoms with E-state index in [0.717, 1.165) is 24.2 Å². The van der Waals surface area contributed by atoms with Crippen molar-refractivity contribution >= 4 is 50.4 Å². The van der Waals surface area contributed by atoms with Crippen molar-refractivity contribution in [2.24, 2.45) is 5.92 Å². The van der Waals surface area contributed by atoms with Crippen molar-refractivity contribution in [2.45, 2.75) is 68.4 Å². The van der Waals surface area contributed by atoms with E-state index in [2.05, 4.69) is 5.16 Å². The number of nitrogens with zero attached hydrogens (tertiary/aromatic N) is 2. The number of ether oxygens (including phenoxy) is 1. The number of hydrogen-bond donors (Lipinski definition) is 0. The van der Waals surface area contributed by atoms with Crippen LogP contribution in [0.3, 0.4) is 0 Å². The van der Waals surface area contributed by atoms with Crippen LogP contribution in [0.1, 0.15) is 66.1 Å². The second kappa shape index (κ2) is 10.2. The zero-order valence-electron chi connectivity index (χ0n) is 22.1. The molecule has 4 aliphatic rings. The van der Waals surface area contributed by atoms with Crippen LogP contribution in [-0.2, 0) is 26.0 Å². The molecule has 1 aliphatic heterocycles. The van der Waals surface area contributed by atoms with Gasteiger partial charge in [0, 0.05) is 34.3 Å². The van der Waals surface area contributed by atoms with Gasteiger partial charge in [-0.1, -0.05) is 34.4 Å². The monoisotopic (exact) mass is 614 g/mol. The van der Waals surface area contributed by atoms with E-state index in [1.54, 1.807) is 47.4 Å². The van der Waals surface area contributed by atoms with E-state index in [-0.39, 0.29) is 35.8 Å². The van der Waals surface area contributed by atoms with Crippen molar-refractivity contribution in [1.29, 1.82) is 0 Å². The number of halogens is 2. The lowest BCUT2D eigenvalue weighted by Crippen LogP contribution is -2.43. The molecule has 11 heteroatoms. The molecule has 3 aromatic rings. The third-order valence-corrected chi connectivity index (χ3v) is 11.4. The first-order chi connectivity index (χ1) is 19.7. The molecule has 3 atom stereocenters. The number of sulfone groups is 1. The Kier molecular flexibility index (Phi) is 6.77. The van der Waals surface area contributed by atoms with Crippen LogP contribution in [0.15, 0.2) is 47.0 Å². The Labute approximate surface area is 247 Å². The smallest absolute Gasteiger partial charge is 0.233 e. The van der Waals surface area contributed by atoms with Gasteiger partial charge in [-0.2, -0.15) is 0 Å². The quantitative estimate of drug-likeness (QED) is 0.258. The van der Waals surface area contributed by atoms with Gasteiger partial charge in [0.05, 0.1) is 33.9 Å². The molecule has 3 saturated carbocycles. The lowest BCUT2D eigenvalue weighted by atomic mass is 10.0. The second-order valence-electron chi connectivity index (χ2n) is 11.5. The number of hydrogen-bond acceptors (Lipinski definition) is 7. The molecule has 0 unspecified atom stereocenters. The van der Waals surface area contributed by atoms with Gasteiger partial charge in [-0.3, -0.25) is 9.59 Å². The molecule has 0 N–H and O–H groups in total. The fraction of sp³-hybridized carbons (Fsp3) is 0.433. The summed E-state index contributed by atoms with van der Waals surface area (Å²) in [6.45, 7) is 0.244. The van der Waals surface area contributed by atoms with Gasteiger partial charge < -0.3 is 14.2 Å². The van der Waals surface area contributed by atoms with E-state index in [1.165, 1.54) is 0 Å². The number of benzene rings is 2. The minimum absolute atomic E-state index is 0.0104. The lowest BCUT2D eigenvalue weighted by molar-refractivity contribution is -0.126. The van der Waals surface area contributed by atoms with Gasteiger partial charge in [0.15, 0.2) is 15.6 Å². The predicted octanol–water partition coefficient (Wildman–Crippen LogP) is 6.00. The minimum Gasteiger partial charge on any atom is -0.372 e. The van der Waals surface area contributed by atoms with Gasteiger partial charge in [0.1, 0.15) is 17.2 Å². The van der Waals surface area contributed by atoms with E-state index in [0.29, 0.717) is 64.2 Å². The number of Topliss-reactive ketones (excluding diaryl/α,β-unsaturated/α-hetero) is 1. The van der Waals surface area contributed by atoms with Crippen LogP contribution in [0, 0.1) is 5.92 Å². The van der Waals surface area contributed by atoms with Gasteiger partial charge in [-0.15, -0.1) is 0 Å². The molecule has 2 heterocycles. The number of carbonyl (C=O) groups is 2. The number of ketones is 1. The number of aromatic nitrogens is 1. The standard InChI is InChI=1S/C30H28Cl2N2O6S/c31-23-2-1-3-24(32)27(23)28-22(29(40-33-28)17-4-5-17)14-39-26-13-19-12-21(26)30(36)34(19)18-8-6-16(7-9-18)25(35)15-41(37,38)20-10-11-20/h1-3,6-9,17,19-21,26H,4-5,10-15H2/t19-,21+,26+/m0/s1. The van der Waals surface area contributed by atoms with Crippen LogP contribution < -0.4 is 4.90 Å². The maximum absolute atomic E-state index is 13.4. The molecule has 1 amide bonds. The summed E-state index contributed by atoms with van der Waals surface area (Å²) in [4.78, 5) is 27.8. The van der Waals surface area contributed by atoms with Gasteiger partial charge >= 0.3 is 0 Å². The van der Waals surface area contributed by atoms with Crippen molar-refractivity contribution < 1.29 is 27.3 Å². The molecule has 2 bridgehead atoms. The third kappa shape index (κ3) is 5.01. The van der Waals surface area contributed by atoms with E-state index < -0.39 is 21.4 Å². The summed E-state index contributed by atoms with van der Waals surface area (Å²) in [6, 6.07) is 12.0. The van der Waals surface area contributed by atoms with Crippen LogP contribution in [0.5, 0.6) is 0 Å². The Morgan fingerprint density at radius 1 is 1.02 bits per heavy atom. The van der Waals surface area contributed by atoms with Crippen LogP contribution in [0.25, 0.3) is 11.3 Å². The third-order valence-electron chi connectivity index (χ3n) is 8.64. The fourth-order valence-electron chi connectivity index (χ4n) is 6.18. The number of carbonyl (C=O) groups excluding carboxylic acids is 2. The molecule has 1 saturated heterocycles. The Morgan fingerprint density at radius 3 is 2.37 bits per heavy atom. The van der Waals surface area contributed by atoms with Crippen molar-refractivity contribution in [3.8, 4) is 11.3 Å². The molecule has 214 valence electrons. The second-order valence-corrected chi connectivity index (χ2v) is 14.6. The first-order valence-electron chi connectivity index (χ1n) is 13.9. The molecular weight excluding hydrogens is 587 g/mol. The molecule has 3 aliphatic carbocycles. The molecule has 2 aromatic carbocycles. The van der Waals surface area contributed by atoms with E-state index in [4.69, 9.17) is 32.5 Å². The van der Waals surface area contributed by atoms with Crippen LogP contribution in [0.4, 0.5) is 5.69 Å². The summed E-state index contributed by atoms with van der Waals surface area (Å²) < 4.78 is 36.5. The molecule has 7 rings (SSSR count). The van der Waals surface area contributed by atoms with Crippen LogP contribution in [-0.4, -0.2) is 48.4 Å². The van der Waals surface area contributed by atoms with Crippen molar-refractivity contribution in [1.82, 2.24) is 5.16 Å². The molecule has 4 fully saturated rings. The zero-order chi connectivity index (χ0) is 28.5. The van der Waals surface area contributed by atoms with Crippen LogP contribution >= 0.6 is 23.2 Å². The summed E-state index contributed by atoms with van der Waals surface area (Å²) in [5, 5.41) is 4.92. The highest BCUT2D eigenvalue weighted by Gasteiger charge is 2.52. The Hall–Kier alpha value is -2.72. The first-order valence-corrected chi connectivity index (χ1v) is 16.4. The average Bonchev–Trinajstić information content (AvgIpc) is 3.87. The molecule has 8 nitrogen and oxygen atoms in total. The van der Waals surface area contributed by atoms with Crippen molar-refractivity contribution in [2.75, 3.05) is 10.7 Å². The summed E-state index contributed by atoms with van der Waals surface area (Å²) >= 11 is 13.0. The number of fused-ring (bicyclic) bond motifs is 2. The highest BCUT2D eigenvalue weighted by Crippen LogP contribution is 2.47. The molecular formula is C30H28Cl2N2O6S. The highest BCUT2D eigenvalue weighted by molar-refractivity contribution is 7.93. The van der Waals surface area contributed by atoms with Crippen molar-refractivity contribution in [3.05, 3.63) is 69.4 Å². The number of amides is 1. The van der Waals surface area contributed by atoms with Gasteiger partial charge in [0.2, 0.25) is 5.91 Å². The first kappa shape index (κ1) is 27.1. The maximum atomic E-state index is 13.4. The summed E-state index contributed by atoms with van der Waals surface area (Å²) in [6.07, 6.45) is 4.45. The number of piperidine rings is 1. The topological polar surface area (TPSA) is 107 Å². The van der Waals surface area contributed by atoms with Gasteiger partial charge in [0.25, 0.3) is 0 Å². The Balaban J connectivity index is 1.04. The maximum Gasteiger partial charge on any atom is 0.233 e. The van der Waals surface area contributed by atoms with Gasteiger partial charge in [-0.25, -0.2) is 8.42 Å². The fourth-order valence-corrected chi connectivity index (χ4v) is 8.38. The molecule has 0 spiro atoms. The predicted molar refractivity (Wildman–Crippen MR) is 154 cm³/mol. The largest absolute Gasteiger partial charge is 0.372 e. The van der Waals surface area contributed by atoms with Crippen molar-refractivity contribution in [3.63, 3.8) is 0 Å². The SMILES string of the molecule is O=C(CS(=O)(=O)C1CC1)c1ccc(N2C(=O)[C@@H]3C[C@H]2C[C@H]3OCc2c(-c3c(Cl)cccc3Cl)noc2C2CC2)cc1. The van der Waals surface area contributed by atoms with Crippen LogP contribution in [0.2, 0.25) is 10.0 Å². The summed E-state index contributed by atoms with van der Waals surface area (Å²) in [5.74, 6) is -0.0700. The number of anilines is 1. The van der Waals surface area contributed by atoms with Gasteiger partial charge in [-0.05, 0) is 74.9 Å². The average molecular weight is 616 g/mol. The minimum atomic E-state index is -3.38. The molecule has 1 aromatic heterocycles. The molecule has 0 radical (unpaired) electrons. The Bertz CT molecular complexity index is 1630. The summed E-state index contributed by atoms with van der Waals surface area (Å²) in [5.41, 5.74) is 3.07. The number of rotatable bonds is 10. The normalized spacial score (nSPS) is 23.9. The van der Waals surface area contributed by atoms with E-state index >= 15 is 0 Å². The Morgan fingerprint density at radius 2 is 1.73 bits per heavy atom. The van der Waals surface area contributed by atoms with E-state index in [9.17, 15) is 18.0 Å². The lowest BCUT2D eigenvalue weighted by Gasteiger charge is -2.31.